The molecule has 2 aromatic carbocycles. The van der Waals surface area contributed by atoms with Gasteiger partial charge in [-0.15, -0.1) is 0 Å². The molecule has 0 amide bonds. The number of nitrogens with two attached hydrogens (primary N) is 1. The van der Waals surface area contributed by atoms with E-state index in [1.165, 1.54) is 16.3 Å². The third-order valence-corrected chi connectivity index (χ3v) is 3.23. The fourth-order valence-electron chi connectivity index (χ4n) is 2.17. The summed E-state index contributed by atoms with van der Waals surface area (Å²) >= 11 is 0. The van der Waals surface area contributed by atoms with Crippen molar-refractivity contribution in [3.05, 3.63) is 48.0 Å². The van der Waals surface area contributed by atoms with Crippen molar-refractivity contribution in [1.82, 2.24) is 0 Å². The number of hydrogen-bond acceptors (Lipinski definition) is 2. The van der Waals surface area contributed by atoms with Crippen LogP contribution in [0.4, 0.5) is 0 Å². The average Bonchev–Trinajstić information content (AvgIpc) is 2.36. The molecule has 0 heterocycles. The van der Waals surface area contributed by atoms with Crippen LogP contribution in [-0.2, 0) is 10.3 Å². The lowest BCUT2D eigenvalue weighted by atomic mass is 9.86. The zero-order chi connectivity index (χ0) is 12.3. The lowest BCUT2D eigenvalue weighted by Gasteiger charge is -2.26. The summed E-state index contributed by atoms with van der Waals surface area (Å²) in [4.78, 5) is 0. The van der Waals surface area contributed by atoms with E-state index in [1.807, 2.05) is 0 Å². The van der Waals surface area contributed by atoms with Crippen LogP contribution in [0.25, 0.3) is 10.8 Å². The van der Waals surface area contributed by atoms with Crippen molar-refractivity contribution in [2.45, 2.75) is 18.9 Å². The first-order valence-electron chi connectivity index (χ1n) is 5.91. The minimum Gasteiger partial charge on any atom is -0.385 e. The van der Waals surface area contributed by atoms with Gasteiger partial charge in [0.15, 0.2) is 0 Å². The van der Waals surface area contributed by atoms with Gasteiger partial charge in [0.25, 0.3) is 0 Å². The van der Waals surface area contributed by atoms with E-state index in [4.69, 9.17) is 10.5 Å². The molecule has 0 fully saturated rings. The molecule has 17 heavy (non-hydrogen) atoms. The van der Waals surface area contributed by atoms with Gasteiger partial charge in [0.05, 0.1) is 0 Å². The maximum Gasteiger partial charge on any atom is 0.0483 e. The second-order valence-corrected chi connectivity index (χ2v) is 4.69. The van der Waals surface area contributed by atoms with E-state index in [1.54, 1.807) is 7.11 Å². The van der Waals surface area contributed by atoms with Crippen LogP contribution < -0.4 is 5.73 Å². The molecule has 90 valence electrons. The number of fused-ring (bicyclic) bond motifs is 1. The van der Waals surface area contributed by atoms with Crippen LogP contribution in [0.1, 0.15) is 18.9 Å². The van der Waals surface area contributed by atoms with E-state index in [0.717, 1.165) is 6.42 Å². The van der Waals surface area contributed by atoms with Gasteiger partial charge < -0.3 is 10.5 Å². The highest BCUT2D eigenvalue weighted by Gasteiger charge is 2.22. The first-order valence-corrected chi connectivity index (χ1v) is 5.91. The molecule has 0 aliphatic heterocycles. The summed E-state index contributed by atoms with van der Waals surface area (Å²) < 4.78 is 5.13. The van der Waals surface area contributed by atoms with E-state index in [0.29, 0.717) is 6.61 Å². The van der Waals surface area contributed by atoms with Crippen molar-refractivity contribution in [2.75, 3.05) is 13.7 Å². The topological polar surface area (TPSA) is 35.2 Å². The zero-order valence-corrected chi connectivity index (χ0v) is 10.4. The van der Waals surface area contributed by atoms with Crippen LogP contribution in [0, 0.1) is 0 Å². The molecule has 0 bridgehead atoms. The summed E-state index contributed by atoms with van der Waals surface area (Å²) in [5, 5.41) is 2.47. The van der Waals surface area contributed by atoms with Crippen molar-refractivity contribution in [1.29, 1.82) is 0 Å². The van der Waals surface area contributed by atoms with E-state index in [9.17, 15) is 0 Å². The van der Waals surface area contributed by atoms with Crippen LogP contribution in [-0.4, -0.2) is 13.7 Å². The van der Waals surface area contributed by atoms with Gasteiger partial charge in [0, 0.05) is 19.3 Å². The van der Waals surface area contributed by atoms with Gasteiger partial charge in [0.2, 0.25) is 0 Å². The Labute approximate surface area is 102 Å². The molecule has 2 nitrogen and oxygen atoms in total. The highest BCUT2D eigenvalue weighted by Crippen LogP contribution is 2.29. The molecule has 2 aromatic rings. The summed E-state index contributed by atoms with van der Waals surface area (Å²) in [5.74, 6) is 0. The smallest absolute Gasteiger partial charge is 0.0483 e. The summed E-state index contributed by atoms with van der Waals surface area (Å²) in [6.45, 7) is 2.74. The molecule has 0 aliphatic rings. The Balaban J connectivity index is 2.47. The number of methoxy groups -OCH3 is 1. The van der Waals surface area contributed by atoms with E-state index >= 15 is 0 Å². The molecular weight excluding hydrogens is 210 g/mol. The van der Waals surface area contributed by atoms with Gasteiger partial charge in [-0.25, -0.2) is 0 Å². The first kappa shape index (κ1) is 12.1. The average molecular weight is 229 g/mol. The third kappa shape index (κ3) is 2.48. The van der Waals surface area contributed by atoms with Gasteiger partial charge >= 0.3 is 0 Å². The zero-order valence-electron chi connectivity index (χ0n) is 10.4. The Morgan fingerprint density at radius 1 is 1.12 bits per heavy atom. The van der Waals surface area contributed by atoms with Crippen LogP contribution in [0.5, 0.6) is 0 Å². The minimum absolute atomic E-state index is 0.350. The Hall–Kier alpha value is -1.38. The fraction of sp³-hybridized carbons (Fsp3) is 0.333. The summed E-state index contributed by atoms with van der Waals surface area (Å²) in [6, 6.07) is 14.6. The number of ether oxygens (including phenoxy) is 1. The number of benzene rings is 2. The number of rotatable bonds is 4. The van der Waals surface area contributed by atoms with E-state index in [2.05, 4.69) is 49.4 Å². The maximum absolute atomic E-state index is 6.41. The summed E-state index contributed by atoms with van der Waals surface area (Å²) in [7, 11) is 1.71. The third-order valence-electron chi connectivity index (χ3n) is 3.23. The number of hydrogen-bond donors (Lipinski definition) is 1. The predicted molar refractivity (Wildman–Crippen MR) is 72.0 cm³/mol. The Morgan fingerprint density at radius 3 is 2.59 bits per heavy atom. The normalized spacial score (nSPS) is 14.8. The maximum atomic E-state index is 6.41. The second kappa shape index (κ2) is 4.86. The molecule has 0 spiro atoms. The minimum atomic E-state index is -0.350. The van der Waals surface area contributed by atoms with Crippen molar-refractivity contribution in [3.63, 3.8) is 0 Å². The Morgan fingerprint density at radius 2 is 1.82 bits per heavy atom. The fourth-order valence-corrected chi connectivity index (χ4v) is 2.17. The lowest BCUT2D eigenvalue weighted by Crippen LogP contribution is -2.34. The summed E-state index contributed by atoms with van der Waals surface area (Å²) in [6.07, 6.45) is 0.817. The Bertz CT molecular complexity index is 500. The van der Waals surface area contributed by atoms with Crippen molar-refractivity contribution in [2.24, 2.45) is 5.73 Å². The van der Waals surface area contributed by atoms with Crippen LogP contribution >= 0.6 is 0 Å². The first-order chi connectivity index (χ1) is 8.15. The molecule has 2 heteroatoms. The predicted octanol–water partition coefficient (Wildman–Crippen LogP) is 3.05. The highest BCUT2D eigenvalue weighted by atomic mass is 16.5. The molecule has 0 radical (unpaired) electrons. The molecular formula is C15H19NO. The van der Waals surface area contributed by atoms with Gasteiger partial charge in [0.1, 0.15) is 0 Å². The van der Waals surface area contributed by atoms with Crippen molar-refractivity contribution < 1.29 is 4.74 Å². The van der Waals surface area contributed by atoms with Crippen LogP contribution in [0.15, 0.2) is 42.5 Å². The Kier molecular flexibility index (Phi) is 3.46. The largest absolute Gasteiger partial charge is 0.385 e. The van der Waals surface area contributed by atoms with Gasteiger partial charge in [-0.2, -0.15) is 0 Å². The second-order valence-electron chi connectivity index (χ2n) is 4.69. The summed E-state index contributed by atoms with van der Waals surface area (Å²) in [5.41, 5.74) is 7.25. The monoisotopic (exact) mass is 229 g/mol. The quantitative estimate of drug-likeness (QED) is 0.874. The molecule has 2 rings (SSSR count). The molecule has 1 atom stereocenters. The molecule has 0 saturated carbocycles. The SMILES string of the molecule is COCCC(C)(N)c1cccc2ccccc12. The standard InChI is InChI=1S/C15H19NO/c1-15(16,10-11-17-2)14-9-5-7-12-6-3-4-8-13(12)14/h3-9H,10-11,16H2,1-2H3. The molecule has 0 saturated heterocycles. The molecule has 0 aliphatic carbocycles. The van der Waals surface area contributed by atoms with Crippen molar-refractivity contribution >= 4 is 10.8 Å². The molecule has 2 N–H and O–H groups in total. The van der Waals surface area contributed by atoms with E-state index in [-0.39, 0.29) is 5.54 Å². The van der Waals surface area contributed by atoms with Gasteiger partial charge in [-0.3, -0.25) is 0 Å². The van der Waals surface area contributed by atoms with Gasteiger partial charge in [-0.05, 0) is 29.7 Å². The lowest BCUT2D eigenvalue weighted by molar-refractivity contribution is 0.172. The molecule has 0 aromatic heterocycles. The van der Waals surface area contributed by atoms with E-state index < -0.39 is 0 Å². The van der Waals surface area contributed by atoms with Crippen LogP contribution in [0.3, 0.4) is 0 Å². The van der Waals surface area contributed by atoms with Crippen molar-refractivity contribution in [3.8, 4) is 0 Å². The van der Waals surface area contributed by atoms with Crippen LogP contribution in [0.2, 0.25) is 0 Å². The molecule has 1 unspecified atom stereocenters. The van der Waals surface area contributed by atoms with Gasteiger partial charge in [-0.1, -0.05) is 42.5 Å². The highest BCUT2D eigenvalue weighted by molar-refractivity contribution is 5.86.